The molecular weight excluding hydrogens is 362 g/mol. The van der Waals surface area contributed by atoms with Crippen LogP contribution in [0.2, 0.25) is 0 Å². The molecule has 6 heteroatoms. The second-order valence-corrected chi connectivity index (χ2v) is 9.82. The molecule has 2 aliphatic carbocycles. The fraction of sp³-hybridized carbons (Fsp3) is 0.696. The number of hydrogen-bond donors (Lipinski definition) is 0. The van der Waals surface area contributed by atoms with E-state index in [1.165, 1.54) is 64.6 Å². The van der Waals surface area contributed by atoms with Crippen LogP contribution in [0.1, 0.15) is 50.6 Å². The van der Waals surface area contributed by atoms with Crippen molar-refractivity contribution in [2.45, 2.75) is 51.9 Å². The van der Waals surface area contributed by atoms with Gasteiger partial charge in [0.05, 0.1) is 18.0 Å². The largest absolute Gasteiger partial charge is 0.476 e. The van der Waals surface area contributed by atoms with Gasteiger partial charge in [0.15, 0.2) is 0 Å². The first kappa shape index (κ1) is 19.0. The fourth-order valence-electron chi connectivity index (χ4n) is 5.90. The van der Waals surface area contributed by atoms with Crippen LogP contribution in [0, 0.1) is 24.2 Å². The van der Waals surface area contributed by atoms with Crippen molar-refractivity contribution >= 4 is 0 Å². The van der Waals surface area contributed by atoms with Crippen LogP contribution >= 0.6 is 0 Å². The summed E-state index contributed by atoms with van der Waals surface area (Å²) in [5.41, 5.74) is 3.44. The highest BCUT2D eigenvalue weighted by molar-refractivity contribution is 5.60. The van der Waals surface area contributed by atoms with Crippen LogP contribution in [0.25, 0.3) is 11.3 Å². The lowest BCUT2D eigenvalue weighted by Crippen LogP contribution is -2.63. The third-order valence-corrected chi connectivity index (χ3v) is 7.20. The van der Waals surface area contributed by atoms with Crippen molar-refractivity contribution in [3.63, 3.8) is 0 Å². The summed E-state index contributed by atoms with van der Waals surface area (Å²) in [6.07, 6.45) is 11.9. The third kappa shape index (κ3) is 4.04. The summed E-state index contributed by atoms with van der Waals surface area (Å²) in [5.74, 6) is 2.27. The zero-order valence-electron chi connectivity index (χ0n) is 17.8. The molecule has 0 atom stereocenters. The Bertz CT molecular complexity index is 825. The van der Waals surface area contributed by atoms with Crippen molar-refractivity contribution < 1.29 is 4.74 Å². The van der Waals surface area contributed by atoms with E-state index < -0.39 is 0 Å². The molecule has 1 spiro atoms. The highest BCUT2D eigenvalue weighted by atomic mass is 16.5. The Hall–Kier alpha value is -1.95. The molecule has 2 saturated carbocycles. The lowest BCUT2D eigenvalue weighted by Gasteiger charge is -2.59. The Kier molecular flexibility index (Phi) is 5.06. The molecule has 3 fully saturated rings. The van der Waals surface area contributed by atoms with E-state index >= 15 is 0 Å². The predicted octanol–water partition coefficient (Wildman–Crippen LogP) is 3.86. The molecule has 156 valence electrons. The van der Waals surface area contributed by atoms with E-state index in [1.54, 1.807) is 4.68 Å². The van der Waals surface area contributed by atoms with E-state index in [9.17, 15) is 0 Å². The average molecular weight is 396 g/mol. The Balaban J connectivity index is 1.04. The first-order chi connectivity index (χ1) is 14.1. The first-order valence-electron chi connectivity index (χ1n) is 11.3. The number of aromatic nitrogens is 4. The lowest BCUT2D eigenvalue weighted by atomic mass is 9.58. The Labute approximate surface area is 173 Å². The van der Waals surface area contributed by atoms with Gasteiger partial charge in [0.1, 0.15) is 0 Å². The Morgan fingerprint density at radius 2 is 1.86 bits per heavy atom. The molecule has 2 aromatic rings. The molecule has 5 rings (SSSR count). The van der Waals surface area contributed by atoms with Crippen LogP contribution in [0.4, 0.5) is 0 Å². The minimum absolute atomic E-state index is 0.607. The SMILES string of the molecule is Cc1nn(C)cc1-c1ccc(OCC2CC3(C2)CN(CC2CCCCC2)C3)nn1. The maximum Gasteiger partial charge on any atom is 0.233 e. The van der Waals surface area contributed by atoms with Crippen LogP contribution in [0.15, 0.2) is 18.3 Å². The van der Waals surface area contributed by atoms with Gasteiger partial charge in [0.25, 0.3) is 0 Å². The van der Waals surface area contributed by atoms with Gasteiger partial charge in [0, 0.05) is 44.5 Å². The second kappa shape index (κ2) is 7.71. The monoisotopic (exact) mass is 395 g/mol. The molecule has 3 aliphatic rings. The van der Waals surface area contributed by atoms with Gasteiger partial charge < -0.3 is 9.64 Å². The van der Waals surface area contributed by atoms with Crippen molar-refractivity contribution in [2.75, 3.05) is 26.2 Å². The Morgan fingerprint density at radius 3 is 2.52 bits per heavy atom. The summed E-state index contributed by atoms with van der Waals surface area (Å²) in [6.45, 7) is 6.74. The van der Waals surface area contributed by atoms with Crippen LogP contribution in [-0.2, 0) is 7.05 Å². The maximum absolute atomic E-state index is 5.94. The quantitative estimate of drug-likeness (QED) is 0.743. The van der Waals surface area contributed by atoms with Gasteiger partial charge in [0.2, 0.25) is 5.88 Å². The number of ether oxygens (including phenoxy) is 1. The van der Waals surface area contributed by atoms with Crippen LogP contribution in [0.5, 0.6) is 5.88 Å². The third-order valence-electron chi connectivity index (χ3n) is 7.20. The van der Waals surface area contributed by atoms with Gasteiger partial charge in [-0.15, -0.1) is 10.2 Å². The average Bonchev–Trinajstić information content (AvgIpc) is 3.01. The van der Waals surface area contributed by atoms with E-state index in [1.807, 2.05) is 32.3 Å². The highest BCUT2D eigenvalue weighted by Gasteiger charge is 2.52. The number of rotatable bonds is 6. The lowest BCUT2D eigenvalue weighted by molar-refractivity contribution is -0.109. The molecule has 3 heterocycles. The van der Waals surface area contributed by atoms with E-state index in [-0.39, 0.29) is 0 Å². The summed E-state index contributed by atoms with van der Waals surface area (Å²) in [6, 6.07) is 3.90. The molecule has 6 nitrogen and oxygen atoms in total. The predicted molar refractivity (Wildman–Crippen MR) is 113 cm³/mol. The molecule has 0 unspecified atom stereocenters. The van der Waals surface area contributed by atoms with E-state index in [2.05, 4.69) is 20.2 Å². The van der Waals surface area contributed by atoms with Crippen molar-refractivity contribution in [1.29, 1.82) is 0 Å². The molecule has 0 bridgehead atoms. The zero-order chi connectivity index (χ0) is 19.8. The van der Waals surface area contributed by atoms with Crippen LogP contribution in [-0.4, -0.2) is 51.1 Å². The minimum atomic E-state index is 0.607. The molecule has 29 heavy (non-hydrogen) atoms. The summed E-state index contributed by atoms with van der Waals surface area (Å²) in [7, 11) is 1.92. The molecule has 1 saturated heterocycles. The number of nitrogens with zero attached hydrogens (tertiary/aromatic N) is 5. The van der Waals surface area contributed by atoms with Gasteiger partial charge >= 0.3 is 0 Å². The summed E-state index contributed by atoms with van der Waals surface area (Å²) in [5, 5.41) is 13.0. The van der Waals surface area contributed by atoms with Gasteiger partial charge in [-0.3, -0.25) is 4.68 Å². The molecule has 0 N–H and O–H groups in total. The van der Waals surface area contributed by atoms with Gasteiger partial charge in [-0.2, -0.15) is 5.10 Å². The minimum Gasteiger partial charge on any atom is -0.476 e. The molecule has 0 amide bonds. The van der Waals surface area contributed by atoms with Crippen LogP contribution < -0.4 is 4.74 Å². The first-order valence-corrected chi connectivity index (χ1v) is 11.3. The van der Waals surface area contributed by atoms with Gasteiger partial charge in [-0.25, -0.2) is 0 Å². The second-order valence-electron chi connectivity index (χ2n) is 9.82. The van der Waals surface area contributed by atoms with Crippen molar-refractivity contribution in [2.24, 2.45) is 24.3 Å². The van der Waals surface area contributed by atoms with Gasteiger partial charge in [-0.1, -0.05) is 19.3 Å². The molecule has 0 aromatic carbocycles. The van der Waals surface area contributed by atoms with Crippen LogP contribution in [0.3, 0.4) is 0 Å². The zero-order valence-corrected chi connectivity index (χ0v) is 17.8. The van der Waals surface area contributed by atoms with Crippen molar-refractivity contribution in [1.82, 2.24) is 24.9 Å². The molecule has 1 aliphatic heterocycles. The Morgan fingerprint density at radius 1 is 1.07 bits per heavy atom. The summed E-state index contributed by atoms with van der Waals surface area (Å²) < 4.78 is 7.74. The molecular formula is C23H33N5O. The number of likely N-dealkylation sites (tertiary alicyclic amines) is 1. The normalized spacial score (nSPS) is 22.4. The van der Waals surface area contributed by atoms with E-state index in [0.717, 1.165) is 29.5 Å². The summed E-state index contributed by atoms with van der Waals surface area (Å²) >= 11 is 0. The highest BCUT2D eigenvalue weighted by Crippen LogP contribution is 2.52. The molecule has 0 radical (unpaired) electrons. The number of aryl methyl sites for hydroxylation is 2. The maximum atomic E-state index is 5.94. The van der Waals surface area contributed by atoms with Gasteiger partial charge in [-0.05, 0) is 55.9 Å². The van der Waals surface area contributed by atoms with Crippen molar-refractivity contribution in [3.05, 3.63) is 24.0 Å². The molecule has 2 aromatic heterocycles. The smallest absolute Gasteiger partial charge is 0.233 e. The van der Waals surface area contributed by atoms with Crippen molar-refractivity contribution in [3.8, 4) is 17.1 Å². The fourth-order valence-corrected chi connectivity index (χ4v) is 5.90. The van der Waals surface area contributed by atoms with E-state index in [4.69, 9.17) is 4.74 Å². The summed E-state index contributed by atoms with van der Waals surface area (Å²) in [4.78, 5) is 2.71. The van der Waals surface area contributed by atoms with E-state index in [0.29, 0.717) is 17.2 Å². The number of hydrogen-bond acceptors (Lipinski definition) is 5. The topological polar surface area (TPSA) is 56.1 Å². The standard InChI is InChI=1S/C23H33N5O/c1-17-20(13-27(2)26-17)21-8-9-22(25-24-21)29-14-19-10-23(11-19)15-28(16-23)12-18-6-4-3-5-7-18/h8-9,13,18-19H,3-7,10-12,14-16H2,1-2H3.